The first-order chi connectivity index (χ1) is 25.2. The number of amides is 2. The van der Waals surface area contributed by atoms with Gasteiger partial charge in [0, 0.05) is 41.7 Å². The molecule has 7 rings (SSSR count). The summed E-state index contributed by atoms with van der Waals surface area (Å²) in [5.74, 6) is 0.698. The highest BCUT2D eigenvalue weighted by molar-refractivity contribution is 7.91. The summed E-state index contributed by atoms with van der Waals surface area (Å²) in [6.07, 6.45) is 9.36. The Morgan fingerprint density at radius 3 is 2.58 bits per heavy atom. The zero-order chi connectivity index (χ0) is 37.7. The zero-order valence-electron chi connectivity index (χ0n) is 31.3. The molecule has 0 bridgehead atoms. The second-order valence-corrected chi connectivity index (χ2v) is 19.0. The quantitative estimate of drug-likeness (QED) is 0.239. The topological polar surface area (TPSA) is 145 Å². The first kappa shape index (κ1) is 37.5. The maximum Gasteiger partial charge on any atom is 0.240 e. The summed E-state index contributed by atoms with van der Waals surface area (Å²) in [6.45, 7) is 8.08. The van der Waals surface area contributed by atoms with Gasteiger partial charge in [-0.2, -0.15) is 0 Å². The monoisotopic (exact) mass is 762 g/mol. The Kier molecular flexibility index (Phi) is 10.2. The average molecular weight is 763 g/mol. The van der Waals surface area contributed by atoms with Crippen LogP contribution in [0.3, 0.4) is 0 Å². The lowest BCUT2D eigenvalue weighted by molar-refractivity contribution is -0.138. The summed E-state index contributed by atoms with van der Waals surface area (Å²) >= 11 is 1.53. The van der Waals surface area contributed by atoms with E-state index in [1.54, 1.807) is 18.9 Å². The van der Waals surface area contributed by atoms with Crippen molar-refractivity contribution in [3.63, 3.8) is 0 Å². The van der Waals surface area contributed by atoms with E-state index in [4.69, 9.17) is 19.4 Å². The molecule has 4 aliphatic rings. The number of sulfonamides is 1. The number of allylic oxidation sites excluding steroid dienone is 2. The number of pyridine rings is 1. The summed E-state index contributed by atoms with van der Waals surface area (Å²) < 4.78 is 39.9. The van der Waals surface area contributed by atoms with E-state index >= 15 is 0 Å². The van der Waals surface area contributed by atoms with Gasteiger partial charge >= 0.3 is 0 Å². The highest BCUT2D eigenvalue weighted by Crippen LogP contribution is 2.58. The molecule has 0 radical (unpaired) electrons. The van der Waals surface area contributed by atoms with Crippen molar-refractivity contribution in [2.24, 2.45) is 11.3 Å². The highest BCUT2D eigenvalue weighted by Gasteiger charge is 2.61. The molecule has 3 fully saturated rings. The SMILES string of the molecule is COc1ccc2c(O[C@@H]3C[C@H]4C(=O)CC[C@]5(C(=O)NS(=O)(=O)C6(C)CC6)C[C@H]5/C=C\CCCCCC(=O)N4C3)cc(-c3nc(C(C)C)cs3)nc2c1C. The number of carbonyl (C=O) groups is 3. The molecular weight excluding hydrogens is 713 g/mol. The van der Waals surface area contributed by atoms with Gasteiger partial charge in [0.05, 0.1) is 41.1 Å². The normalized spacial score (nSPS) is 26.7. The average Bonchev–Trinajstić information content (AvgIpc) is 3.90. The minimum atomic E-state index is -3.82. The fraction of sp³-hybridized carbons (Fsp3) is 0.575. The summed E-state index contributed by atoms with van der Waals surface area (Å²) in [6, 6.07) is 5.01. The van der Waals surface area contributed by atoms with Gasteiger partial charge in [-0.05, 0) is 82.8 Å². The van der Waals surface area contributed by atoms with Crippen LogP contribution in [-0.4, -0.2) is 71.4 Å². The lowest BCUT2D eigenvalue weighted by atomic mass is 9.92. The number of methoxy groups -OCH3 is 1. The first-order valence-electron chi connectivity index (χ1n) is 18.9. The minimum Gasteiger partial charge on any atom is -0.496 e. The fourth-order valence-electron chi connectivity index (χ4n) is 7.79. The molecule has 4 atom stereocenters. The van der Waals surface area contributed by atoms with Crippen LogP contribution in [0.2, 0.25) is 0 Å². The number of aryl methyl sites for hydroxylation is 1. The number of fused-ring (bicyclic) bond motifs is 3. The van der Waals surface area contributed by atoms with Crippen LogP contribution >= 0.6 is 11.3 Å². The second-order valence-electron chi connectivity index (χ2n) is 15.9. The van der Waals surface area contributed by atoms with Crippen molar-refractivity contribution in [2.75, 3.05) is 13.7 Å². The van der Waals surface area contributed by atoms with E-state index in [1.807, 2.05) is 36.6 Å². The minimum absolute atomic E-state index is 0.0554. The molecule has 284 valence electrons. The molecule has 2 saturated carbocycles. The number of carbonyl (C=O) groups excluding carboxylic acids is 3. The van der Waals surface area contributed by atoms with Crippen molar-refractivity contribution >= 4 is 49.9 Å². The van der Waals surface area contributed by atoms with E-state index in [-0.39, 0.29) is 42.9 Å². The predicted octanol–water partition coefficient (Wildman–Crippen LogP) is 7.02. The third kappa shape index (κ3) is 7.35. The maximum absolute atomic E-state index is 14.1. The number of Topliss-reactive ketones (excluding diaryl/α,β-unsaturated/α-hetero) is 1. The molecule has 53 heavy (non-hydrogen) atoms. The number of aromatic nitrogens is 2. The van der Waals surface area contributed by atoms with Crippen molar-refractivity contribution in [2.45, 2.75) is 121 Å². The number of nitrogens with zero attached hydrogens (tertiary/aromatic N) is 3. The maximum atomic E-state index is 14.1. The molecular formula is C40H50N4O7S2. The van der Waals surface area contributed by atoms with Crippen LogP contribution in [0.5, 0.6) is 11.5 Å². The van der Waals surface area contributed by atoms with Crippen LogP contribution in [0.4, 0.5) is 0 Å². The van der Waals surface area contributed by atoms with Gasteiger partial charge in [-0.1, -0.05) is 32.4 Å². The second kappa shape index (κ2) is 14.4. The standard InChI is InChI=1S/C40H50N4O7S2/c1-24(2)30-23-52-37(42-30)29-20-34(28-13-14-33(50-5)25(3)36(28)41-29)51-27-19-31-32(45)15-16-40(38(47)43-53(48,49)39(4)17-18-39)21-26(40)11-9-7-6-8-10-12-35(46)44(31)22-27/h9,11,13-14,20,23-24,26-27,31H,6-8,10,12,15-19,21-22H2,1-5H3,(H,43,47)/b11-9-/t26-,27-,31+,40+/m1/s1. The number of ether oxygens (including phenoxy) is 2. The van der Waals surface area contributed by atoms with E-state index in [0.717, 1.165) is 46.4 Å². The van der Waals surface area contributed by atoms with Gasteiger partial charge in [-0.3, -0.25) is 19.1 Å². The molecule has 3 aromatic rings. The van der Waals surface area contributed by atoms with Crippen LogP contribution < -0.4 is 14.2 Å². The number of hydrogen-bond acceptors (Lipinski definition) is 10. The summed E-state index contributed by atoms with van der Waals surface area (Å²) in [5, 5.41) is 3.62. The number of benzene rings is 1. The van der Waals surface area contributed by atoms with Crippen molar-refractivity contribution < 1.29 is 32.3 Å². The van der Waals surface area contributed by atoms with Crippen LogP contribution in [0, 0.1) is 18.3 Å². The smallest absolute Gasteiger partial charge is 0.240 e. The molecule has 1 saturated heterocycles. The van der Waals surface area contributed by atoms with Crippen LogP contribution in [0.15, 0.2) is 35.7 Å². The Morgan fingerprint density at radius 1 is 1.08 bits per heavy atom. The van der Waals surface area contributed by atoms with Gasteiger partial charge in [-0.25, -0.2) is 18.4 Å². The first-order valence-corrected chi connectivity index (χ1v) is 21.3. The molecule has 11 nitrogen and oxygen atoms in total. The Morgan fingerprint density at radius 2 is 1.87 bits per heavy atom. The van der Waals surface area contributed by atoms with Gasteiger partial charge in [0.15, 0.2) is 5.78 Å². The lowest BCUT2D eigenvalue weighted by Crippen LogP contribution is -2.44. The number of hydrogen-bond donors (Lipinski definition) is 1. The van der Waals surface area contributed by atoms with Gasteiger partial charge in [0.25, 0.3) is 0 Å². The number of rotatable bonds is 8. The molecule has 2 aliphatic heterocycles. The van der Waals surface area contributed by atoms with E-state index in [1.165, 1.54) is 11.3 Å². The van der Waals surface area contributed by atoms with Crippen LogP contribution in [0.1, 0.15) is 109 Å². The largest absolute Gasteiger partial charge is 0.496 e. The Hall–Kier alpha value is -3.84. The number of thiazole rings is 1. The van der Waals surface area contributed by atoms with Gasteiger partial charge in [0.2, 0.25) is 21.8 Å². The Bertz CT molecular complexity index is 2070. The van der Waals surface area contributed by atoms with Crippen molar-refractivity contribution in [3.05, 3.63) is 47.0 Å². The fourth-order valence-corrected chi connectivity index (χ4v) is 10.1. The molecule has 13 heteroatoms. The zero-order valence-corrected chi connectivity index (χ0v) is 32.9. The molecule has 0 spiro atoms. The summed E-state index contributed by atoms with van der Waals surface area (Å²) in [7, 11) is -2.20. The molecule has 4 heterocycles. The van der Waals surface area contributed by atoms with Crippen molar-refractivity contribution in [3.8, 4) is 22.2 Å². The highest BCUT2D eigenvalue weighted by atomic mass is 32.2. The molecule has 1 N–H and O–H groups in total. The molecule has 2 amide bonds. The van der Waals surface area contributed by atoms with E-state index < -0.39 is 38.2 Å². The van der Waals surface area contributed by atoms with Crippen LogP contribution in [0.25, 0.3) is 21.6 Å². The molecule has 1 aromatic carbocycles. The number of ketones is 1. The molecule has 2 aromatic heterocycles. The van der Waals surface area contributed by atoms with Gasteiger partial charge in [0.1, 0.15) is 28.3 Å². The van der Waals surface area contributed by atoms with Crippen molar-refractivity contribution in [1.29, 1.82) is 0 Å². The predicted molar refractivity (Wildman–Crippen MR) is 204 cm³/mol. The van der Waals surface area contributed by atoms with Crippen molar-refractivity contribution in [1.82, 2.24) is 19.6 Å². The number of nitrogens with one attached hydrogen (secondary N) is 1. The Balaban J connectivity index is 1.16. The van der Waals surface area contributed by atoms with E-state index in [9.17, 15) is 22.8 Å². The van der Waals surface area contributed by atoms with Gasteiger partial charge < -0.3 is 14.4 Å². The summed E-state index contributed by atoms with van der Waals surface area (Å²) in [5.41, 5.74) is 2.29. The third-order valence-corrected chi connectivity index (χ3v) is 14.9. The molecule has 2 aliphatic carbocycles. The van der Waals surface area contributed by atoms with Crippen LogP contribution in [-0.2, 0) is 24.4 Å². The third-order valence-electron chi connectivity index (χ3n) is 11.8. The lowest BCUT2D eigenvalue weighted by Gasteiger charge is -2.24. The van der Waals surface area contributed by atoms with Gasteiger partial charge in [-0.15, -0.1) is 11.3 Å². The van der Waals surface area contributed by atoms with E-state index in [2.05, 4.69) is 24.6 Å². The van der Waals surface area contributed by atoms with E-state index in [0.29, 0.717) is 55.7 Å². The Labute approximate surface area is 316 Å². The summed E-state index contributed by atoms with van der Waals surface area (Å²) in [4.78, 5) is 53.1. The molecule has 0 unspecified atom stereocenters.